The third-order valence-corrected chi connectivity index (χ3v) is 5.05. The minimum absolute atomic E-state index is 0.187. The molecule has 0 fully saturated rings. The van der Waals surface area contributed by atoms with Gasteiger partial charge in [-0.05, 0) is 6.92 Å². The van der Waals surface area contributed by atoms with Crippen LogP contribution >= 0.6 is 0 Å². The van der Waals surface area contributed by atoms with Gasteiger partial charge < -0.3 is 29.2 Å². The van der Waals surface area contributed by atoms with Gasteiger partial charge in [0.2, 0.25) is 0 Å². The van der Waals surface area contributed by atoms with Gasteiger partial charge in [-0.25, -0.2) is 0 Å². The van der Waals surface area contributed by atoms with Crippen molar-refractivity contribution in [2.24, 2.45) is 10.8 Å². The molecule has 3 atom stereocenters. The van der Waals surface area contributed by atoms with Crippen LogP contribution in [0.1, 0.15) is 20.8 Å². The average Bonchev–Trinajstić information content (AvgIpc) is 2.71. The summed E-state index contributed by atoms with van der Waals surface area (Å²) in [4.78, 5) is 0. The Morgan fingerprint density at radius 1 is 0.600 bits per heavy atom. The molecule has 0 aromatic rings. The van der Waals surface area contributed by atoms with Crippen LogP contribution in [-0.2, 0) is 18.9 Å². The molecule has 0 amide bonds. The predicted molar refractivity (Wildman–Crippen MR) is 100 cm³/mol. The normalized spacial score (nSPS) is 18.3. The van der Waals surface area contributed by atoms with E-state index in [1.165, 1.54) is 20.8 Å². The lowest BCUT2D eigenvalue weighted by molar-refractivity contribution is -0.299. The van der Waals surface area contributed by atoms with E-state index >= 15 is 0 Å². The first-order chi connectivity index (χ1) is 15.7. The van der Waals surface area contributed by atoms with E-state index in [0.29, 0.717) is 0 Å². The fourth-order valence-corrected chi connectivity index (χ4v) is 2.23. The molecule has 0 radical (unpaired) electrons. The van der Waals surface area contributed by atoms with E-state index in [9.17, 15) is 54.1 Å². The molecule has 35 heavy (non-hydrogen) atoms. The summed E-state index contributed by atoms with van der Waals surface area (Å²) >= 11 is 0. The summed E-state index contributed by atoms with van der Waals surface area (Å²) in [6.07, 6.45) is -12.5. The van der Waals surface area contributed by atoms with Crippen molar-refractivity contribution in [2.45, 2.75) is 51.1 Å². The molecular weight excluding hydrogens is 514 g/mol. The largest absolute Gasteiger partial charge is 0.455 e. The van der Waals surface area contributed by atoms with Crippen molar-refractivity contribution in [2.75, 3.05) is 59.5 Å². The summed E-state index contributed by atoms with van der Waals surface area (Å²) in [5.41, 5.74) is -2.69. The Labute approximate surface area is 195 Å². The van der Waals surface area contributed by atoms with E-state index in [-0.39, 0.29) is 19.8 Å². The summed E-state index contributed by atoms with van der Waals surface area (Å²) in [6, 6.07) is 0. The molecule has 0 rings (SSSR count). The van der Waals surface area contributed by atoms with Crippen LogP contribution in [0.5, 0.6) is 0 Å². The lowest BCUT2D eigenvalue weighted by Gasteiger charge is -2.34. The van der Waals surface area contributed by atoms with Crippen LogP contribution in [0.25, 0.3) is 0 Å². The summed E-state index contributed by atoms with van der Waals surface area (Å²) in [7, 11) is 0. The number of rotatable bonds is 17. The van der Waals surface area contributed by atoms with E-state index in [2.05, 4.69) is 9.47 Å². The fourth-order valence-electron chi connectivity index (χ4n) is 2.23. The van der Waals surface area contributed by atoms with E-state index in [0.717, 1.165) is 0 Å². The van der Waals surface area contributed by atoms with Gasteiger partial charge in [-0.2, -0.15) is 43.9 Å². The summed E-state index contributed by atoms with van der Waals surface area (Å²) in [5, 5.41) is 18.9. The number of halogens is 10. The van der Waals surface area contributed by atoms with Crippen molar-refractivity contribution < 1.29 is 73.1 Å². The molecule has 0 aliphatic carbocycles. The van der Waals surface area contributed by atoms with Crippen molar-refractivity contribution in [3.8, 4) is 0 Å². The van der Waals surface area contributed by atoms with Crippen molar-refractivity contribution >= 4 is 0 Å². The fraction of sp³-hybridized carbons (Fsp3) is 1.00. The average molecular weight is 544 g/mol. The molecule has 0 spiro atoms. The minimum Gasteiger partial charge on any atom is -0.396 e. The zero-order valence-corrected chi connectivity index (χ0v) is 19.2. The Balaban J connectivity index is 4.51. The standard InChI is InChI=1S/C19H30F10O6/c1-13(15(3,7-31)10-34-12-17(22,23)19(27,28)29)35-5-4-32-8-14(2,6-30)9-33-11-16(20,21)18(24,25)26/h13,30-31H,4-12H2,1-3H3. The second kappa shape index (κ2) is 13.0. The van der Waals surface area contributed by atoms with Crippen molar-refractivity contribution in [3.05, 3.63) is 0 Å². The first kappa shape index (κ1) is 34.1. The highest BCUT2D eigenvalue weighted by Gasteiger charge is 2.58. The van der Waals surface area contributed by atoms with Gasteiger partial charge in [0.1, 0.15) is 13.2 Å². The Morgan fingerprint density at radius 3 is 1.43 bits per heavy atom. The van der Waals surface area contributed by atoms with Crippen LogP contribution in [-0.4, -0.2) is 100.0 Å². The van der Waals surface area contributed by atoms with Crippen molar-refractivity contribution in [1.82, 2.24) is 0 Å². The molecule has 0 aliphatic heterocycles. The van der Waals surface area contributed by atoms with Crippen molar-refractivity contribution in [1.29, 1.82) is 0 Å². The summed E-state index contributed by atoms with van der Waals surface area (Å²) in [6.45, 7) is -3.31. The molecule has 6 nitrogen and oxygen atoms in total. The molecular formula is C19H30F10O6. The molecule has 3 unspecified atom stereocenters. The van der Waals surface area contributed by atoms with Crippen LogP contribution in [0.2, 0.25) is 0 Å². The highest BCUT2D eigenvalue weighted by Crippen LogP contribution is 2.37. The summed E-state index contributed by atoms with van der Waals surface area (Å²) in [5.74, 6) is -10.1. The predicted octanol–water partition coefficient (Wildman–Crippen LogP) is 3.83. The zero-order valence-electron chi connectivity index (χ0n) is 19.2. The second-order valence-electron chi connectivity index (χ2n) is 8.74. The maximum atomic E-state index is 12.9. The van der Waals surface area contributed by atoms with Gasteiger partial charge in [0.05, 0.1) is 52.4 Å². The molecule has 16 heteroatoms. The van der Waals surface area contributed by atoms with Crippen LogP contribution in [0.3, 0.4) is 0 Å². The number of hydrogen-bond acceptors (Lipinski definition) is 6. The Morgan fingerprint density at radius 2 is 1.03 bits per heavy atom. The number of aliphatic hydroxyl groups excluding tert-OH is 2. The third-order valence-electron chi connectivity index (χ3n) is 5.05. The number of hydrogen-bond donors (Lipinski definition) is 2. The summed E-state index contributed by atoms with van der Waals surface area (Å²) < 4.78 is 144. The van der Waals surface area contributed by atoms with Crippen LogP contribution in [0.4, 0.5) is 43.9 Å². The molecule has 2 N–H and O–H groups in total. The van der Waals surface area contributed by atoms with Crippen LogP contribution in [0.15, 0.2) is 0 Å². The van der Waals surface area contributed by atoms with E-state index in [4.69, 9.17) is 9.47 Å². The van der Waals surface area contributed by atoms with E-state index in [1.807, 2.05) is 0 Å². The van der Waals surface area contributed by atoms with Gasteiger partial charge in [-0.3, -0.25) is 0 Å². The molecule has 212 valence electrons. The number of alkyl halides is 10. The second-order valence-corrected chi connectivity index (χ2v) is 8.74. The monoisotopic (exact) mass is 544 g/mol. The van der Waals surface area contributed by atoms with Gasteiger partial charge in [-0.15, -0.1) is 0 Å². The quantitative estimate of drug-likeness (QED) is 0.214. The maximum Gasteiger partial charge on any atom is 0.455 e. The topological polar surface area (TPSA) is 77.4 Å². The third kappa shape index (κ3) is 10.9. The van der Waals surface area contributed by atoms with Crippen molar-refractivity contribution in [3.63, 3.8) is 0 Å². The highest BCUT2D eigenvalue weighted by atomic mass is 19.4. The highest BCUT2D eigenvalue weighted by molar-refractivity contribution is 4.82. The molecule has 0 saturated heterocycles. The van der Waals surface area contributed by atoms with Crippen LogP contribution in [0, 0.1) is 10.8 Å². The van der Waals surface area contributed by atoms with Gasteiger partial charge in [-0.1, -0.05) is 13.8 Å². The Kier molecular flexibility index (Phi) is 12.7. The molecule has 0 aliphatic rings. The first-order valence-electron chi connectivity index (χ1n) is 10.1. The van der Waals surface area contributed by atoms with E-state index in [1.54, 1.807) is 0 Å². The Hall–Kier alpha value is -0.940. The lowest BCUT2D eigenvalue weighted by atomic mass is 9.87. The molecule has 0 aromatic carbocycles. The van der Waals surface area contributed by atoms with Crippen LogP contribution < -0.4 is 0 Å². The molecule has 0 aromatic heterocycles. The van der Waals surface area contributed by atoms with Gasteiger partial charge >= 0.3 is 24.2 Å². The van der Waals surface area contributed by atoms with E-state index < -0.39 is 80.8 Å². The van der Waals surface area contributed by atoms with Gasteiger partial charge in [0.25, 0.3) is 0 Å². The molecule has 0 heterocycles. The number of aliphatic hydroxyl groups is 2. The maximum absolute atomic E-state index is 12.9. The number of ether oxygens (including phenoxy) is 4. The smallest absolute Gasteiger partial charge is 0.396 e. The molecule has 0 bridgehead atoms. The first-order valence-corrected chi connectivity index (χ1v) is 10.1. The Bertz CT molecular complexity index is 616. The molecule has 0 saturated carbocycles. The van der Waals surface area contributed by atoms with Gasteiger partial charge in [0.15, 0.2) is 0 Å². The van der Waals surface area contributed by atoms with Gasteiger partial charge in [0, 0.05) is 10.8 Å². The SMILES string of the molecule is CC(OCCOCC(C)(CO)COCC(F)(F)C(F)(F)F)C(C)(CO)COCC(F)(F)C(F)(F)F. The lowest BCUT2D eigenvalue weighted by Crippen LogP contribution is -2.45. The minimum atomic E-state index is -5.80. The zero-order chi connectivity index (χ0) is 27.8.